The van der Waals surface area contributed by atoms with E-state index in [1.54, 1.807) is 0 Å². The maximum Gasteiger partial charge on any atom is 0.253 e. The summed E-state index contributed by atoms with van der Waals surface area (Å²) in [4.78, 5) is 41.1. The molecule has 0 radical (unpaired) electrons. The van der Waals surface area contributed by atoms with Crippen LogP contribution in [0.5, 0.6) is 0 Å². The molecule has 0 spiro atoms. The number of fused-ring (bicyclic) bond motifs is 1. The summed E-state index contributed by atoms with van der Waals surface area (Å²) in [6, 6.07) is 10.6. The lowest BCUT2D eigenvalue weighted by Crippen LogP contribution is -2.44. The molecule has 4 heterocycles. The second-order valence-electron chi connectivity index (χ2n) is 12.3. The number of likely N-dealkylation sites (N-methyl/N-ethyl adjacent to an activating group) is 1. The number of aromatic amines is 1. The molecule has 212 valence electrons. The fourth-order valence-electron chi connectivity index (χ4n) is 6.11. The molecule has 1 saturated heterocycles. The van der Waals surface area contributed by atoms with E-state index in [0.717, 1.165) is 72.2 Å². The van der Waals surface area contributed by atoms with Gasteiger partial charge in [0.25, 0.3) is 11.5 Å². The molecule has 2 N–H and O–H groups in total. The average molecular weight is 543 g/mol. The van der Waals surface area contributed by atoms with Gasteiger partial charge >= 0.3 is 0 Å². The molecule has 0 aliphatic carbocycles. The van der Waals surface area contributed by atoms with Crippen LogP contribution in [0, 0.1) is 13.8 Å². The summed E-state index contributed by atoms with van der Waals surface area (Å²) in [5, 5.41) is 3.06. The van der Waals surface area contributed by atoms with Crippen molar-refractivity contribution < 1.29 is 4.79 Å². The van der Waals surface area contributed by atoms with Gasteiger partial charge in [0.05, 0.1) is 0 Å². The van der Waals surface area contributed by atoms with E-state index in [0.29, 0.717) is 11.1 Å². The Kier molecular flexibility index (Phi) is 7.48. The molecule has 2 aliphatic rings. The van der Waals surface area contributed by atoms with E-state index in [2.05, 4.69) is 77.9 Å². The van der Waals surface area contributed by atoms with Crippen LogP contribution in [0.2, 0.25) is 0 Å². The van der Waals surface area contributed by atoms with Crippen LogP contribution in [0.4, 0.5) is 11.5 Å². The number of nitrogens with one attached hydrogen (secondary N) is 2. The quantitative estimate of drug-likeness (QED) is 0.485. The number of amides is 1. The smallest absolute Gasteiger partial charge is 0.253 e. The minimum atomic E-state index is -0.203. The standard InChI is InChI=1S/C32H42N6O2/c1-20(2)38-19-32(5,6)29-25(30(39)34-18-26-21(3)14-22(4)35-31(26)40)15-24(16-27(29)38)23-8-9-28(33-17-23)37-12-10-36(7)11-13-37/h8-9,14-17,20H,10-13,18-19H2,1-7H3,(H,34,39)(H,35,40). The number of nitrogens with zero attached hydrogens (tertiary/aromatic N) is 4. The lowest BCUT2D eigenvalue weighted by molar-refractivity contribution is 0.0949. The number of anilines is 2. The van der Waals surface area contributed by atoms with E-state index in [4.69, 9.17) is 4.98 Å². The molecule has 5 rings (SSSR count). The molecule has 0 saturated carbocycles. The number of carbonyl (C=O) groups excluding carboxylic acids is 1. The molecule has 8 heteroatoms. The van der Waals surface area contributed by atoms with Crippen molar-refractivity contribution in [3.05, 3.63) is 74.8 Å². The first kappa shape index (κ1) is 27.9. The van der Waals surface area contributed by atoms with Gasteiger partial charge in [-0.25, -0.2) is 4.98 Å². The molecule has 0 unspecified atom stereocenters. The number of hydrogen-bond acceptors (Lipinski definition) is 6. The monoisotopic (exact) mass is 542 g/mol. The van der Waals surface area contributed by atoms with Crippen LogP contribution in [0.15, 0.2) is 41.3 Å². The second-order valence-corrected chi connectivity index (χ2v) is 12.3. The van der Waals surface area contributed by atoms with E-state index in [1.165, 1.54) is 0 Å². The molecule has 0 bridgehead atoms. The molecule has 1 aromatic carbocycles. The zero-order valence-corrected chi connectivity index (χ0v) is 24.9. The molecule has 2 aliphatic heterocycles. The van der Waals surface area contributed by atoms with E-state index in [9.17, 15) is 9.59 Å². The molecule has 40 heavy (non-hydrogen) atoms. The fourth-order valence-corrected chi connectivity index (χ4v) is 6.11. The number of aromatic nitrogens is 2. The Morgan fingerprint density at radius 3 is 2.42 bits per heavy atom. The highest BCUT2D eigenvalue weighted by Crippen LogP contribution is 2.45. The first-order chi connectivity index (χ1) is 18.9. The largest absolute Gasteiger partial charge is 0.368 e. The first-order valence-corrected chi connectivity index (χ1v) is 14.3. The number of benzene rings is 1. The van der Waals surface area contributed by atoms with Crippen LogP contribution < -0.4 is 20.7 Å². The van der Waals surface area contributed by atoms with Crippen molar-refractivity contribution in [2.75, 3.05) is 49.6 Å². The van der Waals surface area contributed by atoms with Crippen LogP contribution in [-0.4, -0.2) is 66.6 Å². The van der Waals surface area contributed by atoms with Crippen molar-refractivity contribution in [3.63, 3.8) is 0 Å². The van der Waals surface area contributed by atoms with E-state index in [1.807, 2.05) is 32.2 Å². The van der Waals surface area contributed by atoms with Gasteiger partial charge in [-0.2, -0.15) is 0 Å². The minimum absolute atomic E-state index is 0.158. The van der Waals surface area contributed by atoms with Gasteiger partial charge in [-0.05, 0) is 81.8 Å². The highest BCUT2D eigenvalue weighted by molar-refractivity contribution is 6.00. The summed E-state index contributed by atoms with van der Waals surface area (Å²) < 4.78 is 0. The molecular weight excluding hydrogens is 500 g/mol. The van der Waals surface area contributed by atoms with Crippen LogP contribution in [0.3, 0.4) is 0 Å². The lowest BCUT2D eigenvalue weighted by Gasteiger charge is -2.33. The molecule has 0 atom stereocenters. The summed E-state index contributed by atoms with van der Waals surface area (Å²) >= 11 is 0. The first-order valence-electron chi connectivity index (χ1n) is 14.3. The Balaban J connectivity index is 1.51. The number of piperazine rings is 1. The maximum atomic E-state index is 13.8. The number of aryl methyl sites for hydroxylation is 2. The molecule has 2 aromatic heterocycles. The Morgan fingerprint density at radius 1 is 1.07 bits per heavy atom. The fraction of sp³-hybridized carbons (Fsp3) is 0.469. The second kappa shape index (κ2) is 10.7. The highest BCUT2D eigenvalue weighted by atomic mass is 16.1. The van der Waals surface area contributed by atoms with E-state index >= 15 is 0 Å². The normalized spacial score (nSPS) is 16.9. The van der Waals surface area contributed by atoms with Crippen LogP contribution in [0.25, 0.3) is 11.1 Å². The molecule has 8 nitrogen and oxygen atoms in total. The maximum absolute atomic E-state index is 13.8. The number of pyridine rings is 2. The summed E-state index contributed by atoms with van der Waals surface area (Å²) in [5.41, 5.74) is 6.66. The third-order valence-electron chi connectivity index (χ3n) is 8.37. The number of hydrogen-bond donors (Lipinski definition) is 2. The van der Waals surface area contributed by atoms with Crippen LogP contribution >= 0.6 is 0 Å². The predicted molar refractivity (Wildman–Crippen MR) is 163 cm³/mol. The van der Waals surface area contributed by atoms with Gasteiger partial charge in [0.1, 0.15) is 5.82 Å². The minimum Gasteiger partial charge on any atom is -0.368 e. The third-order valence-corrected chi connectivity index (χ3v) is 8.37. The lowest BCUT2D eigenvalue weighted by atomic mass is 9.82. The Morgan fingerprint density at radius 2 is 1.80 bits per heavy atom. The predicted octanol–water partition coefficient (Wildman–Crippen LogP) is 4.24. The van der Waals surface area contributed by atoms with E-state index < -0.39 is 0 Å². The van der Waals surface area contributed by atoms with Gasteiger partial charge in [-0.1, -0.05) is 13.8 Å². The average Bonchev–Trinajstić information content (AvgIpc) is 3.19. The van der Waals surface area contributed by atoms with Crippen LogP contribution in [-0.2, 0) is 12.0 Å². The van der Waals surface area contributed by atoms with Crippen molar-refractivity contribution in [1.29, 1.82) is 0 Å². The zero-order valence-electron chi connectivity index (χ0n) is 24.9. The Bertz CT molecular complexity index is 1470. The number of carbonyl (C=O) groups is 1. The van der Waals surface area contributed by atoms with Crippen molar-refractivity contribution in [2.45, 2.75) is 59.5 Å². The summed E-state index contributed by atoms with van der Waals surface area (Å²) in [7, 11) is 2.15. The van der Waals surface area contributed by atoms with Crippen LogP contribution in [0.1, 0.15) is 60.4 Å². The molecule has 1 fully saturated rings. The zero-order chi connectivity index (χ0) is 28.8. The van der Waals surface area contributed by atoms with Gasteiger partial charge in [0.15, 0.2) is 0 Å². The van der Waals surface area contributed by atoms with Gasteiger partial charge in [-0.3, -0.25) is 9.59 Å². The number of H-pyrrole nitrogens is 1. The number of rotatable bonds is 6. The van der Waals surface area contributed by atoms with Crippen molar-refractivity contribution >= 4 is 17.4 Å². The summed E-state index contributed by atoms with van der Waals surface area (Å²) in [6.07, 6.45) is 1.92. The third kappa shape index (κ3) is 5.37. The highest BCUT2D eigenvalue weighted by Gasteiger charge is 2.40. The summed E-state index contributed by atoms with van der Waals surface area (Å²) in [5.74, 6) is 0.817. The van der Waals surface area contributed by atoms with Gasteiger partial charge in [-0.15, -0.1) is 0 Å². The molecule has 1 amide bonds. The SMILES string of the molecule is Cc1cc(C)c(CNC(=O)c2cc(-c3ccc(N4CCN(C)CC4)nc3)cc3c2C(C)(C)CN3C(C)C)c(=O)[nH]1. The topological polar surface area (TPSA) is 84.6 Å². The summed E-state index contributed by atoms with van der Waals surface area (Å²) in [6.45, 7) is 17.6. The van der Waals surface area contributed by atoms with Crippen molar-refractivity contribution in [2.24, 2.45) is 0 Å². The van der Waals surface area contributed by atoms with E-state index in [-0.39, 0.29) is 29.5 Å². The van der Waals surface area contributed by atoms with Crippen molar-refractivity contribution in [3.8, 4) is 11.1 Å². The van der Waals surface area contributed by atoms with Gasteiger partial charge in [0.2, 0.25) is 0 Å². The Labute approximate surface area is 237 Å². The molecular formula is C32H42N6O2. The Hall–Kier alpha value is -3.65. The van der Waals surface area contributed by atoms with Crippen molar-refractivity contribution in [1.82, 2.24) is 20.2 Å². The molecule has 3 aromatic rings. The van der Waals surface area contributed by atoms with Gasteiger partial charge in [0, 0.05) is 85.0 Å². The van der Waals surface area contributed by atoms with Gasteiger partial charge < -0.3 is 25.0 Å².